The Hall–Kier alpha value is -2.06. The van der Waals surface area contributed by atoms with E-state index in [4.69, 9.17) is 11.0 Å². The SMILES string of the molecule is Cc1ccc(C#N)c(N2CCNCC2C(N)=O)c1. The van der Waals surface area contributed by atoms with Crippen molar-refractivity contribution < 1.29 is 4.79 Å². The predicted octanol–water partition coefficient (Wildman–Crippen LogP) is 0.130. The number of amides is 1. The van der Waals surface area contributed by atoms with E-state index >= 15 is 0 Å². The van der Waals surface area contributed by atoms with E-state index in [1.807, 2.05) is 24.0 Å². The highest BCUT2D eigenvalue weighted by molar-refractivity contribution is 5.85. The number of nitriles is 1. The Morgan fingerprint density at radius 1 is 1.61 bits per heavy atom. The summed E-state index contributed by atoms with van der Waals surface area (Å²) in [6.45, 7) is 3.94. The Labute approximate surface area is 106 Å². The lowest BCUT2D eigenvalue weighted by molar-refractivity contribution is -0.119. The summed E-state index contributed by atoms with van der Waals surface area (Å²) in [4.78, 5) is 13.4. The number of anilines is 1. The van der Waals surface area contributed by atoms with E-state index in [9.17, 15) is 4.79 Å². The Bertz CT molecular complexity index is 506. The molecule has 94 valence electrons. The summed E-state index contributed by atoms with van der Waals surface area (Å²) in [5.41, 5.74) is 7.85. The number of rotatable bonds is 2. The highest BCUT2D eigenvalue weighted by atomic mass is 16.1. The van der Waals surface area contributed by atoms with Crippen LogP contribution in [0.4, 0.5) is 5.69 Å². The first kappa shape index (κ1) is 12.4. The van der Waals surface area contributed by atoms with Crippen LogP contribution in [0.15, 0.2) is 18.2 Å². The van der Waals surface area contributed by atoms with Crippen LogP contribution in [0.5, 0.6) is 0 Å². The summed E-state index contributed by atoms with van der Waals surface area (Å²) in [5, 5.41) is 12.3. The molecule has 2 rings (SSSR count). The van der Waals surface area contributed by atoms with Gasteiger partial charge < -0.3 is 16.0 Å². The van der Waals surface area contributed by atoms with Crippen molar-refractivity contribution in [2.75, 3.05) is 24.5 Å². The Balaban J connectivity index is 2.42. The molecule has 5 nitrogen and oxygen atoms in total. The molecule has 1 unspecified atom stereocenters. The number of aryl methyl sites for hydroxylation is 1. The summed E-state index contributed by atoms with van der Waals surface area (Å²) in [7, 11) is 0. The number of carbonyl (C=O) groups excluding carboxylic acids is 1. The number of nitrogens with two attached hydrogens (primary N) is 1. The van der Waals surface area contributed by atoms with Crippen molar-refractivity contribution in [3.63, 3.8) is 0 Å². The number of carbonyl (C=O) groups is 1. The molecule has 0 aliphatic carbocycles. The second-order valence-corrected chi connectivity index (χ2v) is 4.45. The van der Waals surface area contributed by atoms with Crippen LogP contribution in [-0.2, 0) is 4.79 Å². The molecule has 0 radical (unpaired) electrons. The zero-order valence-electron chi connectivity index (χ0n) is 10.3. The second kappa shape index (κ2) is 5.07. The number of primary amides is 1. The molecule has 0 aromatic heterocycles. The Morgan fingerprint density at radius 2 is 2.39 bits per heavy atom. The monoisotopic (exact) mass is 244 g/mol. The van der Waals surface area contributed by atoms with E-state index in [1.165, 1.54) is 0 Å². The van der Waals surface area contributed by atoms with Crippen LogP contribution in [-0.4, -0.2) is 31.6 Å². The summed E-state index contributed by atoms with van der Waals surface area (Å²) in [6.07, 6.45) is 0. The highest BCUT2D eigenvalue weighted by Gasteiger charge is 2.28. The van der Waals surface area contributed by atoms with E-state index in [1.54, 1.807) is 6.07 Å². The Morgan fingerprint density at radius 3 is 3.06 bits per heavy atom. The normalized spacial score (nSPS) is 19.3. The van der Waals surface area contributed by atoms with Crippen molar-refractivity contribution in [3.05, 3.63) is 29.3 Å². The third kappa shape index (κ3) is 2.29. The molecule has 5 heteroatoms. The molecule has 1 saturated heterocycles. The molecule has 1 aliphatic heterocycles. The van der Waals surface area contributed by atoms with Crippen LogP contribution in [0.1, 0.15) is 11.1 Å². The number of piperazine rings is 1. The fourth-order valence-electron chi connectivity index (χ4n) is 2.22. The van der Waals surface area contributed by atoms with Gasteiger partial charge in [-0.05, 0) is 24.6 Å². The van der Waals surface area contributed by atoms with E-state index in [2.05, 4.69) is 11.4 Å². The first-order chi connectivity index (χ1) is 8.63. The third-order valence-electron chi connectivity index (χ3n) is 3.15. The molecule has 1 atom stereocenters. The van der Waals surface area contributed by atoms with Crippen molar-refractivity contribution in [1.29, 1.82) is 5.26 Å². The summed E-state index contributed by atoms with van der Waals surface area (Å²) >= 11 is 0. The average molecular weight is 244 g/mol. The topological polar surface area (TPSA) is 82.2 Å². The number of hydrogen-bond donors (Lipinski definition) is 2. The molecule has 1 amide bonds. The fourth-order valence-corrected chi connectivity index (χ4v) is 2.22. The van der Waals surface area contributed by atoms with Crippen LogP contribution in [0.25, 0.3) is 0 Å². The number of benzene rings is 1. The minimum absolute atomic E-state index is 0.368. The fraction of sp³-hybridized carbons (Fsp3) is 0.385. The van der Waals surface area contributed by atoms with Gasteiger partial charge in [0.25, 0.3) is 0 Å². The van der Waals surface area contributed by atoms with E-state index in [0.29, 0.717) is 18.7 Å². The molecule has 1 heterocycles. The van der Waals surface area contributed by atoms with Gasteiger partial charge in [0.05, 0.1) is 11.3 Å². The van der Waals surface area contributed by atoms with Gasteiger partial charge in [-0.2, -0.15) is 5.26 Å². The van der Waals surface area contributed by atoms with Crippen LogP contribution in [0.3, 0.4) is 0 Å². The van der Waals surface area contributed by atoms with Crippen LogP contribution < -0.4 is 16.0 Å². The first-order valence-corrected chi connectivity index (χ1v) is 5.91. The largest absolute Gasteiger partial charge is 0.368 e. The number of nitrogens with zero attached hydrogens (tertiary/aromatic N) is 2. The van der Waals surface area contributed by atoms with Crippen molar-refractivity contribution >= 4 is 11.6 Å². The van der Waals surface area contributed by atoms with Gasteiger partial charge in [0.2, 0.25) is 5.91 Å². The van der Waals surface area contributed by atoms with Gasteiger partial charge in [-0.25, -0.2) is 0 Å². The first-order valence-electron chi connectivity index (χ1n) is 5.91. The van der Waals surface area contributed by atoms with Crippen molar-refractivity contribution in [2.45, 2.75) is 13.0 Å². The smallest absolute Gasteiger partial charge is 0.241 e. The molecule has 3 N–H and O–H groups in total. The van der Waals surface area contributed by atoms with E-state index in [0.717, 1.165) is 17.8 Å². The molecular formula is C13H16N4O. The summed E-state index contributed by atoms with van der Waals surface area (Å²) in [5.74, 6) is -0.368. The number of hydrogen-bond acceptors (Lipinski definition) is 4. The lowest BCUT2D eigenvalue weighted by Gasteiger charge is -2.36. The van der Waals surface area contributed by atoms with Gasteiger partial charge in [0.1, 0.15) is 12.1 Å². The minimum atomic E-state index is -0.396. The van der Waals surface area contributed by atoms with Crippen LogP contribution in [0, 0.1) is 18.3 Å². The minimum Gasteiger partial charge on any atom is -0.368 e. The van der Waals surface area contributed by atoms with Crippen molar-refractivity contribution in [3.8, 4) is 6.07 Å². The molecule has 1 aromatic rings. The summed E-state index contributed by atoms with van der Waals surface area (Å²) in [6, 6.07) is 7.37. The highest BCUT2D eigenvalue weighted by Crippen LogP contribution is 2.24. The van der Waals surface area contributed by atoms with Gasteiger partial charge in [0, 0.05) is 19.6 Å². The van der Waals surface area contributed by atoms with Gasteiger partial charge in [-0.15, -0.1) is 0 Å². The average Bonchev–Trinajstić information content (AvgIpc) is 2.38. The molecular weight excluding hydrogens is 228 g/mol. The molecule has 0 bridgehead atoms. The standard InChI is InChI=1S/C13H16N4O/c1-9-2-3-10(7-14)11(6-9)17-5-4-16-8-12(17)13(15)18/h2-3,6,12,16H,4-5,8H2,1H3,(H2,15,18). The molecule has 1 fully saturated rings. The molecule has 0 saturated carbocycles. The van der Waals surface area contributed by atoms with Gasteiger partial charge in [-0.1, -0.05) is 6.07 Å². The lowest BCUT2D eigenvalue weighted by atomic mass is 10.1. The lowest BCUT2D eigenvalue weighted by Crippen LogP contribution is -2.57. The quantitative estimate of drug-likeness (QED) is 0.774. The zero-order valence-corrected chi connectivity index (χ0v) is 10.3. The van der Waals surface area contributed by atoms with Gasteiger partial charge in [0.15, 0.2) is 0 Å². The molecule has 1 aliphatic rings. The summed E-state index contributed by atoms with van der Waals surface area (Å²) < 4.78 is 0. The zero-order chi connectivity index (χ0) is 13.1. The second-order valence-electron chi connectivity index (χ2n) is 4.45. The molecule has 18 heavy (non-hydrogen) atoms. The van der Waals surface area contributed by atoms with Gasteiger partial charge >= 0.3 is 0 Å². The van der Waals surface area contributed by atoms with E-state index in [-0.39, 0.29) is 5.91 Å². The van der Waals surface area contributed by atoms with Crippen molar-refractivity contribution in [2.24, 2.45) is 5.73 Å². The maximum Gasteiger partial charge on any atom is 0.241 e. The molecule has 1 aromatic carbocycles. The van der Waals surface area contributed by atoms with Crippen LogP contribution in [0.2, 0.25) is 0 Å². The molecule has 0 spiro atoms. The predicted molar refractivity (Wildman–Crippen MR) is 69.1 cm³/mol. The third-order valence-corrected chi connectivity index (χ3v) is 3.15. The maximum absolute atomic E-state index is 11.5. The Kier molecular flexibility index (Phi) is 3.49. The maximum atomic E-state index is 11.5. The van der Waals surface area contributed by atoms with E-state index < -0.39 is 6.04 Å². The van der Waals surface area contributed by atoms with Gasteiger partial charge in [-0.3, -0.25) is 4.79 Å². The van der Waals surface area contributed by atoms with Crippen LogP contribution >= 0.6 is 0 Å². The van der Waals surface area contributed by atoms with Crippen molar-refractivity contribution in [1.82, 2.24) is 5.32 Å². The number of nitrogens with one attached hydrogen (secondary N) is 1.